The topological polar surface area (TPSA) is 96.0 Å². The lowest BCUT2D eigenvalue weighted by molar-refractivity contribution is -0.114. The second-order valence-corrected chi connectivity index (χ2v) is 9.04. The number of aryl methyl sites for hydroxylation is 1. The standard InChI is InChI=1S/C21H25N3O5S/c1-16-3-7-18(8-4-16)22-20(25)15-24(30(2,27)28)19-9-5-17(6-10-19)21(26)23-11-13-29-14-12-23/h3-10H,11-15H2,1-2H3,(H,22,25). The summed E-state index contributed by atoms with van der Waals surface area (Å²) in [5, 5.41) is 2.70. The molecule has 0 spiro atoms. The minimum Gasteiger partial charge on any atom is -0.378 e. The number of sulfonamides is 1. The Morgan fingerprint density at radius 3 is 2.20 bits per heavy atom. The molecule has 3 rings (SSSR count). The van der Waals surface area contributed by atoms with Gasteiger partial charge in [0.15, 0.2) is 0 Å². The molecule has 1 heterocycles. The van der Waals surface area contributed by atoms with Crippen LogP contribution in [0, 0.1) is 6.92 Å². The van der Waals surface area contributed by atoms with Crippen LogP contribution in [-0.2, 0) is 19.6 Å². The van der Waals surface area contributed by atoms with E-state index < -0.39 is 15.9 Å². The number of ether oxygens (including phenoxy) is 1. The molecule has 2 aromatic carbocycles. The number of carbonyl (C=O) groups excluding carboxylic acids is 2. The van der Waals surface area contributed by atoms with Gasteiger partial charge in [-0.15, -0.1) is 0 Å². The third-order valence-corrected chi connectivity index (χ3v) is 5.86. The molecule has 30 heavy (non-hydrogen) atoms. The van der Waals surface area contributed by atoms with Gasteiger partial charge in [-0.25, -0.2) is 8.42 Å². The van der Waals surface area contributed by atoms with Crippen LogP contribution in [0.5, 0.6) is 0 Å². The van der Waals surface area contributed by atoms with Gasteiger partial charge in [0.1, 0.15) is 6.54 Å². The smallest absolute Gasteiger partial charge is 0.254 e. The largest absolute Gasteiger partial charge is 0.378 e. The Bertz CT molecular complexity index is 998. The van der Waals surface area contributed by atoms with E-state index in [2.05, 4.69) is 5.32 Å². The molecule has 0 aromatic heterocycles. The van der Waals surface area contributed by atoms with Crippen molar-refractivity contribution in [1.29, 1.82) is 0 Å². The summed E-state index contributed by atoms with van der Waals surface area (Å²) in [5.74, 6) is -0.592. The first-order chi connectivity index (χ1) is 14.2. The van der Waals surface area contributed by atoms with Crippen LogP contribution >= 0.6 is 0 Å². The number of hydrogen-bond acceptors (Lipinski definition) is 5. The molecule has 1 N–H and O–H groups in total. The van der Waals surface area contributed by atoms with Crippen molar-refractivity contribution in [3.05, 3.63) is 59.7 Å². The van der Waals surface area contributed by atoms with Gasteiger partial charge >= 0.3 is 0 Å². The Hall–Kier alpha value is -2.91. The predicted molar refractivity (Wildman–Crippen MR) is 115 cm³/mol. The monoisotopic (exact) mass is 431 g/mol. The molecule has 0 radical (unpaired) electrons. The third-order valence-electron chi connectivity index (χ3n) is 4.72. The van der Waals surface area contributed by atoms with E-state index in [0.29, 0.717) is 43.2 Å². The van der Waals surface area contributed by atoms with Crippen molar-refractivity contribution in [1.82, 2.24) is 4.90 Å². The van der Waals surface area contributed by atoms with Crippen molar-refractivity contribution in [3.8, 4) is 0 Å². The molecule has 1 aliphatic heterocycles. The molecule has 0 atom stereocenters. The highest BCUT2D eigenvalue weighted by Gasteiger charge is 2.23. The summed E-state index contributed by atoms with van der Waals surface area (Å²) in [6.07, 6.45) is 1.04. The molecule has 2 aromatic rings. The summed E-state index contributed by atoms with van der Waals surface area (Å²) >= 11 is 0. The molecule has 0 bridgehead atoms. The number of carbonyl (C=O) groups is 2. The van der Waals surface area contributed by atoms with Crippen LogP contribution in [-0.4, -0.2) is 64.2 Å². The number of morpholine rings is 1. The Kier molecular flexibility index (Phi) is 6.73. The zero-order chi connectivity index (χ0) is 21.7. The molecule has 8 nitrogen and oxygen atoms in total. The Labute approximate surface area is 176 Å². The molecule has 160 valence electrons. The first-order valence-corrected chi connectivity index (χ1v) is 11.4. The van der Waals surface area contributed by atoms with Crippen LogP contribution in [0.2, 0.25) is 0 Å². The van der Waals surface area contributed by atoms with Crippen LogP contribution in [0.3, 0.4) is 0 Å². The fourth-order valence-corrected chi connectivity index (χ4v) is 3.94. The highest BCUT2D eigenvalue weighted by molar-refractivity contribution is 7.92. The Morgan fingerprint density at radius 1 is 1.03 bits per heavy atom. The summed E-state index contributed by atoms with van der Waals surface area (Å²) < 4.78 is 30.8. The van der Waals surface area contributed by atoms with Gasteiger partial charge in [-0.05, 0) is 43.3 Å². The number of nitrogens with zero attached hydrogens (tertiary/aromatic N) is 2. The first kappa shape index (κ1) is 21.8. The summed E-state index contributed by atoms with van der Waals surface area (Å²) in [6, 6.07) is 13.4. The molecular weight excluding hydrogens is 406 g/mol. The van der Waals surface area contributed by atoms with E-state index in [1.807, 2.05) is 19.1 Å². The maximum Gasteiger partial charge on any atom is 0.254 e. The van der Waals surface area contributed by atoms with Crippen LogP contribution in [0.25, 0.3) is 0 Å². The molecule has 1 saturated heterocycles. The normalized spacial score (nSPS) is 14.3. The van der Waals surface area contributed by atoms with Crippen molar-refractivity contribution < 1.29 is 22.7 Å². The van der Waals surface area contributed by atoms with Gasteiger partial charge in [0.05, 0.1) is 25.2 Å². The van der Waals surface area contributed by atoms with E-state index in [9.17, 15) is 18.0 Å². The van der Waals surface area contributed by atoms with Gasteiger partial charge in [0, 0.05) is 24.3 Å². The number of benzene rings is 2. The van der Waals surface area contributed by atoms with E-state index in [-0.39, 0.29) is 12.5 Å². The SMILES string of the molecule is Cc1ccc(NC(=O)CN(c2ccc(C(=O)N3CCOCC3)cc2)S(C)(=O)=O)cc1. The number of anilines is 2. The lowest BCUT2D eigenvalue weighted by Crippen LogP contribution is -2.40. The zero-order valence-electron chi connectivity index (χ0n) is 17.0. The molecule has 9 heteroatoms. The highest BCUT2D eigenvalue weighted by Crippen LogP contribution is 2.20. The van der Waals surface area contributed by atoms with E-state index >= 15 is 0 Å². The van der Waals surface area contributed by atoms with E-state index in [1.165, 1.54) is 12.1 Å². The maximum atomic E-state index is 12.6. The van der Waals surface area contributed by atoms with E-state index in [1.54, 1.807) is 29.2 Å². The van der Waals surface area contributed by atoms with Gasteiger partial charge in [-0.1, -0.05) is 17.7 Å². The lowest BCUT2D eigenvalue weighted by Gasteiger charge is -2.27. The third kappa shape index (κ3) is 5.58. The second kappa shape index (κ2) is 9.27. The number of rotatable bonds is 6. The van der Waals surface area contributed by atoms with E-state index in [4.69, 9.17) is 4.74 Å². The van der Waals surface area contributed by atoms with Gasteiger partial charge in [0.25, 0.3) is 5.91 Å². The molecule has 1 fully saturated rings. The summed E-state index contributed by atoms with van der Waals surface area (Å²) in [5.41, 5.74) is 2.41. The molecule has 0 unspecified atom stereocenters. The molecule has 1 aliphatic rings. The lowest BCUT2D eigenvalue weighted by atomic mass is 10.1. The maximum absolute atomic E-state index is 12.6. The van der Waals surface area contributed by atoms with Crippen LogP contribution in [0.15, 0.2) is 48.5 Å². The highest BCUT2D eigenvalue weighted by atomic mass is 32.2. The van der Waals surface area contributed by atoms with Crippen molar-refractivity contribution in [2.75, 3.05) is 48.7 Å². The molecular formula is C21H25N3O5S. The minimum atomic E-state index is -3.70. The second-order valence-electron chi connectivity index (χ2n) is 7.14. The fraction of sp³-hybridized carbons (Fsp3) is 0.333. The van der Waals surface area contributed by atoms with Gasteiger partial charge < -0.3 is 15.0 Å². The quantitative estimate of drug-likeness (QED) is 0.753. The number of nitrogens with one attached hydrogen (secondary N) is 1. The van der Waals surface area contributed by atoms with Crippen LogP contribution in [0.4, 0.5) is 11.4 Å². The summed E-state index contributed by atoms with van der Waals surface area (Å²) in [7, 11) is -3.70. The molecule has 0 saturated carbocycles. The average Bonchev–Trinajstić information content (AvgIpc) is 2.73. The molecule has 2 amide bonds. The number of amides is 2. The Balaban J connectivity index is 1.72. The van der Waals surface area contributed by atoms with Crippen molar-refractivity contribution >= 4 is 33.2 Å². The van der Waals surface area contributed by atoms with Crippen molar-refractivity contribution in [3.63, 3.8) is 0 Å². The van der Waals surface area contributed by atoms with E-state index in [0.717, 1.165) is 16.1 Å². The number of hydrogen-bond donors (Lipinski definition) is 1. The van der Waals surface area contributed by atoms with Crippen molar-refractivity contribution in [2.45, 2.75) is 6.92 Å². The zero-order valence-corrected chi connectivity index (χ0v) is 17.8. The van der Waals surface area contributed by atoms with Crippen LogP contribution in [0.1, 0.15) is 15.9 Å². The van der Waals surface area contributed by atoms with Gasteiger partial charge in [-0.2, -0.15) is 0 Å². The fourth-order valence-electron chi connectivity index (χ4n) is 3.09. The Morgan fingerprint density at radius 2 is 1.63 bits per heavy atom. The van der Waals surface area contributed by atoms with Gasteiger partial charge in [0.2, 0.25) is 15.9 Å². The summed E-state index contributed by atoms with van der Waals surface area (Å²) in [6.45, 7) is 3.61. The average molecular weight is 432 g/mol. The minimum absolute atomic E-state index is 0.132. The first-order valence-electron chi connectivity index (χ1n) is 9.55. The summed E-state index contributed by atoms with van der Waals surface area (Å²) in [4.78, 5) is 26.7. The predicted octanol–water partition coefficient (Wildman–Crippen LogP) is 1.87. The van der Waals surface area contributed by atoms with Crippen molar-refractivity contribution in [2.24, 2.45) is 0 Å². The molecule has 0 aliphatic carbocycles. The van der Waals surface area contributed by atoms with Crippen LogP contribution < -0.4 is 9.62 Å². The van der Waals surface area contributed by atoms with Gasteiger partial charge in [-0.3, -0.25) is 13.9 Å².